The zero-order valence-corrected chi connectivity index (χ0v) is 21.5. The van der Waals surface area contributed by atoms with Crippen LogP contribution in [0.25, 0.3) is 11.1 Å². The van der Waals surface area contributed by atoms with Gasteiger partial charge in [0.25, 0.3) is 0 Å². The van der Waals surface area contributed by atoms with Gasteiger partial charge in [0.05, 0.1) is 6.21 Å². The van der Waals surface area contributed by atoms with E-state index in [4.69, 9.17) is 5.84 Å². The molecule has 2 aliphatic heterocycles. The van der Waals surface area contributed by atoms with Crippen molar-refractivity contribution in [3.8, 4) is 16.9 Å². The first-order chi connectivity index (χ1) is 18.5. The van der Waals surface area contributed by atoms with Crippen LogP contribution in [0.3, 0.4) is 0 Å². The van der Waals surface area contributed by atoms with E-state index < -0.39 is 12.0 Å². The zero-order valence-electron chi connectivity index (χ0n) is 21.5. The Kier molecular flexibility index (Phi) is 7.91. The first-order valence-corrected chi connectivity index (χ1v) is 13.2. The van der Waals surface area contributed by atoms with Crippen molar-refractivity contribution in [3.05, 3.63) is 83.9 Å². The fourth-order valence-electron chi connectivity index (χ4n) is 5.73. The number of rotatable bonds is 7. The Hall–Kier alpha value is -3.88. The van der Waals surface area contributed by atoms with Gasteiger partial charge in [-0.2, -0.15) is 5.10 Å². The van der Waals surface area contributed by atoms with Gasteiger partial charge in [0.2, 0.25) is 0 Å². The van der Waals surface area contributed by atoms with Crippen LogP contribution in [0.1, 0.15) is 30.0 Å². The molecule has 2 aliphatic rings. The van der Waals surface area contributed by atoms with E-state index in [1.165, 1.54) is 5.69 Å². The maximum absolute atomic E-state index is 12.3. The van der Waals surface area contributed by atoms with Crippen molar-refractivity contribution in [1.29, 1.82) is 0 Å². The molecule has 8 nitrogen and oxygen atoms in total. The van der Waals surface area contributed by atoms with Crippen molar-refractivity contribution in [3.63, 3.8) is 0 Å². The number of phenolic OH excluding ortho intramolecular Hbond substituents is 1. The Balaban J connectivity index is 1.16. The third kappa shape index (κ3) is 5.82. The second-order valence-corrected chi connectivity index (χ2v) is 10.1. The summed E-state index contributed by atoms with van der Waals surface area (Å²) >= 11 is 0. The molecule has 0 aliphatic carbocycles. The molecule has 3 aromatic carbocycles. The van der Waals surface area contributed by atoms with Crippen molar-refractivity contribution in [1.82, 2.24) is 9.80 Å². The second-order valence-electron chi connectivity index (χ2n) is 10.1. The third-order valence-corrected chi connectivity index (χ3v) is 7.84. The van der Waals surface area contributed by atoms with Crippen LogP contribution in [0, 0.1) is 0 Å². The molecule has 198 valence electrons. The number of nitrogens with two attached hydrogens (primary N) is 1. The molecule has 8 heteroatoms. The number of aromatic hydroxyl groups is 1. The lowest BCUT2D eigenvalue weighted by molar-refractivity contribution is -0.144. The molecule has 2 heterocycles. The maximum atomic E-state index is 12.3. The van der Waals surface area contributed by atoms with Crippen LogP contribution in [0.4, 0.5) is 5.69 Å². The molecule has 4 N–H and O–H groups in total. The minimum atomic E-state index is -0.807. The highest BCUT2D eigenvalue weighted by molar-refractivity contribution is 5.80. The molecule has 3 aromatic rings. The van der Waals surface area contributed by atoms with Crippen LogP contribution < -0.4 is 10.7 Å². The largest absolute Gasteiger partial charge is 0.508 e. The van der Waals surface area contributed by atoms with Gasteiger partial charge in [-0.15, -0.1) is 0 Å². The first kappa shape index (κ1) is 25.8. The number of carboxylic acid groups (broad SMARTS) is 1. The standard InChI is InChI=1S/C30H35N5O3/c31-32-21-22-1-9-26(10-2-22)33-17-19-34(20-18-33)27-13-15-35(16-14-27)29(30(37)38)25-5-3-23(4-6-25)24-7-11-28(36)12-8-24/h1-12,21,27,29,36H,13-20,31H2,(H,37,38). The number of hydrogen-bond donors (Lipinski definition) is 3. The Bertz CT molecular complexity index is 1230. The van der Waals surface area contributed by atoms with Crippen LogP contribution in [0.5, 0.6) is 5.75 Å². The van der Waals surface area contributed by atoms with Crippen molar-refractivity contribution in [2.45, 2.75) is 24.9 Å². The van der Waals surface area contributed by atoms with Crippen LogP contribution >= 0.6 is 0 Å². The average Bonchev–Trinajstić information content (AvgIpc) is 2.95. The zero-order chi connectivity index (χ0) is 26.5. The quantitative estimate of drug-likeness (QED) is 0.251. The van der Waals surface area contributed by atoms with E-state index in [2.05, 4.69) is 31.9 Å². The molecule has 0 aromatic heterocycles. The highest BCUT2D eigenvalue weighted by atomic mass is 16.4. The highest BCUT2D eigenvalue weighted by Gasteiger charge is 2.33. The number of likely N-dealkylation sites (tertiary alicyclic amines) is 1. The van der Waals surface area contributed by atoms with Gasteiger partial charge in [0, 0.05) is 51.0 Å². The van der Waals surface area contributed by atoms with E-state index in [0.717, 1.165) is 74.4 Å². The molecule has 1 unspecified atom stereocenters. The molecule has 0 amide bonds. The summed E-state index contributed by atoms with van der Waals surface area (Å²) in [5.41, 5.74) is 5.00. The molecular weight excluding hydrogens is 478 g/mol. The molecule has 0 radical (unpaired) electrons. The van der Waals surface area contributed by atoms with Crippen LogP contribution in [-0.2, 0) is 4.79 Å². The van der Waals surface area contributed by atoms with Gasteiger partial charge in [0.15, 0.2) is 0 Å². The number of benzene rings is 3. The van der Waals surface area contributed by atoms with Crippen molar-refractivity contribution in [2.24, 2.45) is 10.9 Å². The smallest absolute Gasteiger partial charge is 0.325 e. The Labute approximate surface area is 223 Å². The first-order valence-electron chi connectivity index (χ1n) is 13.2. The minimum absolute atomic E-state index is 0.228. The highest BCUT2D eigenvalue weighted by Crippen LogP contribution is 2.30. The van der Waals surface area contributed by atoms with Gasteiger partial charge in [-0.1, -0.05) is 48.5 Å². The van der Waals surface area contributed by atoms with E-state index in [-0.39, 0.29) is 5.75 Å². The number of carboxylic acids is 1. The molecule has 2 fully saturated rings. The molecule has 0 spiro atoms. The number of nitrogens with zero attached hydrogens (tertiary/aromatic N) is 4. The SMILES string of the molecule is NN=Cc1ccc(N2CCN(C3CCN(C(C(=O)O)c4ccc(-c5ccc(O)cc5)cc4)CC3)CC2)cc1. The normalized spacial score (nSPS) is 18.6. The molecule has 2 saturated heterocycles. The predicted octanol–water partition coefficient (Wildman–Crippen LogP) is 3.76. The molecule has 1 atom stereocenters. The van der Waals surface area contributed by atoms with E-state index in [1.807, 2.05) is 48.5 Å². The number of piperazine rings is 1. The number of piperidine rings is 1. The summed E-state index contributed by atoms with van der Waals surface area (Å²) in [6.07, 6.45) is 3.60. The predicted molar refractivity (Wildman–Crippen MR) is 151 cm³/mol. The summed E-state index contributed by atoms with van der Waals surface area (Å²) in [5, 5.41) is 23.2. The topological polar surface area (TPSA) is 106 Å². The Morgan fingerprint density at radius 3 is 1.97 bits per heavy atom. The lowest BCUT2D eigenvalue weighted by atomic mass is 9.96. The van der Waals surface area contributed by atoms with Crippen molar-refractivity contribution in [2.75, 3.05) is 44.2 Å². The summed E-state index contributed by atoms with van der Waals surface area (Å²) < 4.78 is 0. The number of hydrazone groups is 1. The van der Waals surface area contributed by atoms with E-state index in [1.54, 1.807) is 18.3 Å². The lowest BCUT2D eigenvalue weighted by Gasteiger charge is -2.44. The minimum Gasteiger partial charge on any atom is -0.508 e. The van der Waals surface area contributed by atoms with Crippen molar-refractivity contribution < 1.29 is 15.0 Å². The van der Waals surface area contributed by atoms with E-state index >= 15 is 0 Å². The molecule has 0 bridgehead atoms. The summed E-state index contributed by atoms with van der Waals surface area (Å²) in [6, 6.07) is 22.9. The van der Waals surface area contributed by atoms with E-state index in [0.29, 0.717) is 6.04 Å². The third-order valence-electron chi connectivity index (χ3n) is 7.84. The number of carbonyl (C=O) groups is 1. The van der Waals surface area contributed by atoms with Crippen LogP contribution in [-0.4, -0.2) is 77.5 Å². The molecule has 5 rings (SSSR count). The summed E-state index contributed by atoms with van der Waals surface area (Å²) in [4.78, 5) is 19.4. The van der Waals surface area contributed by atoms with Gasteiger partial charge in [0.1, 0.15) is 11.8 Å². The molecule has 38 heavy (non-hydrogen) atoms. The van der Waals surface area contributed by atoms with Gasteiger partial charge < -0.3 is 21.0 Å². The van der Waals surface area contributed by atoms with E-state index in [9.17, 15) is 15.0 Å². The summed E-state index contributed by atoms with van der Waals surface area (Å²) in [5.74, 6) is 4.66. The number of hydrogen-bond acceptors (Lipinski definition) is 7. The van der Waals surface area contributed by atoms with Gasteiger partial charge in [-0.25, -0.2) is 0 Å². The van der Waals surface area contributed by atoms with Crippen LogP contribution in [0.15, 0.2) is 77.9 Å². The van der Waals surface area contributed by atoms with Gasteiger partial charge >= 0.3 is 5.97 Å². The Morgan fingerprint density at radius 1 is 0.842 bits per heavy atom. The molecule has 0 saturated carbocycles. The monoisotopic (exact) mass is 513 g/mol. The van der Waals surface area contributed by atoms with Gasteiger partial charge in [-0.3, -0.25) is 14.6 Å². The Morgan fingerprint density at radius 2 is 1.42 bits per heavy atom. The van der Waals surface area contributed by atoms with Crippen molar-refractivity contribution >= 4 is 17.9 Å². The number of anilines is 1. The maximum Gasteiger partial charge on any atom is 0.325 e. The fourth-order valence-corrected chi connectivity index (χ4v) is 5.73. The second kappa shape index (κ2) is 11.7. The summed E-state index contributed by atoms with van der Waals surface area (Å²) in [7, 11) is 0. The molecular formula is C30H35N5O3. The average molecular weight is 514 g/mol. The van der Waals surface area contributed by atoms with Gasteiger partial charge in [-0.05, 0) is 59.4 Å². The lowest BCUT2D eigenvalue weighted by Crippen LogP contribution is -2.54. The fraction of sp³-hybridized carbons (Fsp3) is 0.333. The number of aliphatic carboxylic acids is 1. The number of phenols is 1. The summed E-state index contributed by atoms with van der Waals surface area (Å²) in [6.45, 7) is 5.53. The van der Waals surface area contributed by atoms with Crippen LogP contribution in [0.2, 0.25) is 0 Å².